The fourth-order valence-corrected chi connectivity index (χ4v) is 1.92. The van der Waals surface area contributed by atoms with E-state index in [1.165, 1.54) is 0 Å². The van der Waals surface area contributed by atoms with Crippen LogP contribution in [0.3, 0.4) is 0 Å². The molecule has 4 nitrogen and oxygen atoms in total. The van der Waals surface area contributed by atoms with Gasteiger partial charge in [0.25, 0.3) is 0 Å². The standard InChI is InChI=1S/C10H18N2O2/c1-6(2)9(13)8-4-7(10(11)14)5-12(8)3/h6-8H,4-5H2,1-3H3,(H2,11,14). The van der Waals surface area contributed by atoms with E-state index in [4.69, 9.17) is 5.73 Å². The van der Waals surface area contributed by atoms with Crippen LogP contribution < -0.4 is 5.73 Å². The third-order valence-electron chi connectivity index (χ3n) is 2.85. The van der Waals surface area contributed by atoms with Crippen molar-refractivity contribution in [1.82, 2.24) is 4.90 Å². The molecule has 4 heteroatoms. The average molecular weight is 198 g/mol. The first-order valence-electron chi connectivity index (χ1n) is 4.96. The summed E-state index contributed by atoms with van der Waals surface area (Å²) in [6.45, 7) is 4.37. The number of ketones is 1. The molecule has 0 bridgehead atoms. The molecule has 1 amide bonds. The summed E-state index contributed by atoms with van der Waals surface area (Å²) in [5.74, 6) is -0.228. The number of rotatable bonds is 3. The fourth-order valence-electron chi connectivity index (χ4n) is 1.92. The Hall–Kier alpha value is -0.900. The van der Waals surface area contributed by atoms with E-state index in [1.807, 2.05) is 25.8 Å². The van der Waals surface area contributed by atoms with Crippen LogP contribution in [0.25, 0.3) is 0 Å². The molecule has 14 heavy (non-hydrogen) atoms. The highest BCUT2D eigenvalue weighted by atomic mass is 16.1. The molecule has 0 aromatic heterocycles. The highest BCUT2D eigenvalue weighted by Crippen LogP contribution is 2.23. The normalized spacial score (nSPS) is 28.3. The maximum absolute atomic E-state index is 11.7. The molecular formula is C10H18N2O2. The zero-order chi connectivity index (χ0) is 10.9. The minimum atomic E-state index is -0.295. The minimum Gasteiger partial charge on any atom is -0.369 e. The van der Waals surface area contributed by atoms with Crippen LogP contribution >= 0.6 is 0 Å². The summed E-state index contributed by atoms with van der Waals surface area (Å²) in [5.41, 5.74) is 5.22. The van der Waals surface area contributed by atoms with Gasteiger partial charge in [0.1, 0.15) is 0 Å². The number of likely N-dealkylation sites (tertiary alicyclic amines) is 1. The molecule has 1 saturated heterocycles. The maximum Gasteiger partial charge on any atom is 0.221 e. The van der Waals surface area contributed by atoms with Crippen molar-refractivity contribution in [3.05, 3.63) is 0 Å². The molecule has 2 unspecified atom stereocenters. The van der Waals surface area contributed by atoms with Crippen LogP contribution in [0.1, 0.15) is 20.3 Å². The summed E-state index contributed by atoms with van der Waals surface area (Å²) >= 11 is 0. The van der Waals surface area contributed by atoms with Gasteiger partial charge in [-0.25, -0.2) is 0 Å². The van der Waals surface area contributed by atoms with Gasteiger partial charge in [0, 0.05) is 12.5 Å². The smallest absolute Gasteiger partial charge is 0.221 e. The molecule has 2 N–H and O–H groups in total. The Bertz CT molecular complexity index is 251. The Kier molecular flexibility index (Phi) is 3.26. The first-order chi connectivity index (χ1) is 6.43. The van der Waals surface area contributed by atoms with Crippen molar-refractivity contribution in [1.29, 1.82) is 0 Å². The number of hydrogen-bond acceptors (Lipinski definition) is 3. The second kappa shape index (κ2) is 4.09. The predicted octanol–water partition coefficient (Wildman–Crippen LogP) is 0.0171. The highest BCUT2D eigenvalue weighted by molar-refractivity contribution is 5.87. The number of hydrogen-bond donors (Lipinski definition) is 1. The number of amides is 1. The van der Waals surface area contributed by atoms with Crippen molar-refractivity contribution in [2.24, 2.45) is 17.6 Å². The summed E-state index contributed by atoms with van der Waals surface area (Å²) in [7, 11) is 1.87. The van der Waals surface area contributed by atoms with Gasteiger partial charge in [-0.2, -0.15) is 0 Å². The van der Waals surface area contributed by atoms with E-state index in [-0.39, 0.29) is 29.6 Å². The second-order valence-electron chi connectivity index (χ2n) is 4.35. The Morgan fingerprint density at radius 3 is 2.36 bits per heavy atom. The van der Waals surface area contributed by atoms with E-state index in [0.717, 1.165) is 0 Å². The van der Waals surface area contributed by atoms with Crippen molar-refractivity contribution in [3.8, 4) is 0 Å². The fraction of sp³-hybridized carbons (Fsp3) is 0.800. The SMILES string of the molecule is CC(C)C(=O)C1CC(C(N)=O)CN1C. The van der Waals surface area contributed by atoms with E-state index in [9.17, 15) is 9.59 Å². The predicted molar refractivity (Wildman–Crippen MR) is 53.6 cm³/mol. The van der Waals surface area contributed by atoms with Crippen molar-refractivity contribution in [3.63, 3.8) is 0 Å². The Labute approximate surface area is 84.4 Å². The van der Waals surface area contributed by atoms with Gasteiger partial charge in [-0.15, -0.1) is 0 Å². The topological polar surface area (TPSA) is 63.4 Å². The van der Waals surface area contributed by atoms with Crippen LogP contribution in [-0.2, 0) is 9.59 Å². The lowest BCUT2D eigenvalue weighted by Crippen LogP contribution is -2.35. The van der Waals surface area contributed by atoms with Gasteiger partial charge in [-0.05, 0) is 13.5 Å². The molecule has 1 aliphatic rings. The Morgan fingerprint density at radius 1 is 1.43 bits per heavy atom. The molecule has 1 heterocycles. The molecule has 1 fully saturated rings. The molecule has 80 valence electrons. The van der Waals surface area contributed by atoms with Crippen molar-refractivity contribution < 1.29 is 9.59 Å². The van der Waals surface area contributed by atoms with Gasteiger partial charge in [0.05, 0.1) is 12.0 Å². The third-order valence-corrected chi connectivity index (χ3v) is 2.85. The number of Topliss-reactive ketones (excluding diaryl/α,β-unsaturated/α-hetero) is 1. The van der Waals surface area contributed by atoms with Crippen LogP contribution in [0.5, 0.6) is 0 Å². The van der Waals surface area contributed by atoms with Crippen LogP contribution in [-0.4, -0.2) is 36.2 Å². The van der Waals surface area contributed by atoms with E-state index >= 15 is 0 Å². The summed E-state index contributed by atoms with van der Waals surface area (Å²) in [5, 5.41) is 0. The summed E-state index contributed by atoms with van der Waals surface area (Å²) in [6, 6.07) is -0.118. The second-order valence-corrected chi connectivity index (χ2v) is 4.35. The van der Waals surface area contributed by atoms with Gasteiger partial charge in [0.15, 0.2) is 5.78 Å². The van der Waals surface area contributed by atoms with Gasteiger partial charge in [-0.1, -0.05) is 13.8 Å². The zero-order valence-corrected chi connectivity index (χ0v) is 8.99. The number of likely N-dealkylation sites (N-methyl/N-ethyl adjacent to an activating group) is 1. The van der Waals surface area contributed by atoms with Crippen molar-refractivity contribution >= 4 is 11.7 Å². The molecule has 0 saturated carbocycles. The number of carbonyl (C=O) groups excluding carboxylic acids is 2. The molecule has 1 aliphatic heterocycles. The molecule has 2 atom stereocenters. The van der Waals surface area contributed by atoms with Crippen molar-refractivity contribution in [2.45, 2.75) is 26.3 Å². The van der Waals surface area contributed by atoms with E-state index < -0.39 is 0 Å². The van der Waals surface area contributed by atoms with Crippen LogP contribution in [0.2, 0.25) is 0 Å². The molecule has 1 rings (SSSR count). The van der Waals surface area contributed by atoms with Gasteiger partial charge < -0.3 is 5.73 Å². The molecule has 0 aromatic carbocycles. The van der Waals surface area contributed by atoms with Crippen LogP contribution in [0.15, 0.2) is 0 Å². The average Bonchev–Trinajstić information content (AvgIpc) is 2.46. The van der Waals surface area contributed by atoms with Crippen LogP contribution in [0.4, 0.5) is 0 Å². The van der Waals surface area contributed by atoms with Crippen LogP contribution in [0, 0.1) is 11.8 Å². The first-order valence-corrected chi connectivity index (χ1v) is 4.96. The zero-order valence-electron chi connectivity index (χ0n) is 8.99. The summed E-state index contributed by atoms with van der Waals surface area (Å²) in [4.78, 5) is 24.6. The quantitative estimate of drug-likeness (QED) is 0.695. The Balaban J connectivity index is 2.65. The number of carbonyl (C=O) groups is 2. The molecule has 0 aromatic rings. The lowest BCUT2D eigenvalue weighted by atomic mass is 9.96. The van der Waals surface area contributed by atoms with E-state index in [0.29, 0.717) is 13.0 Å². The Morgan fingerprint density at radius 2 is 2.00 bits per heavy atom. The largest absolute Gasteiger partial charge is 0.369 e. The van der Waals surface area contributed by atoms with Gasteiger partial charge in [-0.3, -0.25) is 14.5 Å². The molecule has 0 aliphatic carbocycles. The van der Waals surface area contributed by atoms with Gasteiger partial charge in [0.2, 0.25) is 5.91 Å². The highest BCUT2D eigenvalue weighted by Gasteiger charge is 2.37. The molecule has 0 radical (unpaired) electrons. The maximum atomic E-state index is 11.7. The lowest BCUT2D eigenvalue weighted by Gasteiger charge is -2.19. The minimum absolute atomic E-state index is 0.0223. The first kappa shape index (κ1) is 11.2. The summed E-state index contributed by atoms with van der Waals surface area (Å²) < 4.78 is 0. The number of nitrogens with zero attached hydrogens (tertiary/aromatic N) is 1. The molecule has 0 spiro atoms. The van der Waals surface area contributed by atoms with Gasteiger partial charge >= 0.3 is 0 Å². The number of primary amides is 1. The third kappa shape index (κ3) is 2.12. The summed E-state index contributed by atoms with van der Waals surface area (Å²) in [6.07, 6.45) is 0.586. The van der Waals surface area contributed by atoms with Crippen molar-refractivity contribution in [2.75, 3.05) is 13.6 Å². The van der Waals surface area contributed by atoms with E-state index in [1.54, 1.807) is 0 Å². The number of nitrogens with two attached hydrogens (primary N) is 1. The monoisotopic (exact) mass is 198 g/mol. The lowest BCUT2D eigenvalue weighted by molar-refractivity contribution is -0.125. The van der Waals surface area contributed by atoms with E-state index in [2.05, 4.69) is 0 Å². The molecular weight excluding hydrogens is 180 g/mol.